The number of hydrogen-bond acceptors (Lipinski definition) is 8. The van der Waals surface area contributed by atoms with Gasteiger partial charge in [0.25, 0.3) is 11.8 Å². The standard InChI is InChI=1S/C28H25BrN2O8S/c1-3-13-38-24-12-10-19(16-25(24)37-2)17-31-27(33)21(26(32)30-28(31)34)14-18-9-11-23(22(29)15-18)39-40(35,36)20-7-5-4-6-8-20/h4-12,14-16H,3,13,17H2,1-2H3,(H,30,32,34)/b21-14+. The maximum Gasteiger partial charge on any atom is 0.339 e. The van der Waals surface area contributed by atoms with Crippen molar-refractivity contribution in [3.63, 3.8) is 0 Å². The second-order valence-corrected chi connectivity index (χ2v) is 11.0. The van der Waals surface area contributed by atoms with Crippen LogP contribution in [0.5, 0.6) is 17.2 Å². The van der Waals surface area contributed by atoms with Crippen molar-refractivity contribution in [3.8, 4) is 17.2 Å². The van der Waals surface area contributed by atoms with Gasteiger partial charge in [-0.25, -0.2) is 4.79 Å². The Labute approximate surface area is 239 Å². The Morgan fingerprint density at radius 3 is 2.35 bits per heavy atom. The molecule has 1 heterocycles. The number of carbonyl (C=O) groups is 3. The number of imide groups is 2. The average Bonchev–Trinajstić information content (AvgIpc) is 2.94. The summed E-state index contributed by atoms with van der Waals surface area (Å²) in [7, 11) is -2.59. The van der Waals surface area contributed by atoms with Gasteiger partial charge in [-0.2, -0.15) is 8.42 Å². The molecule has 1 aliphatic rings. The van der Waals surface area contributed by atoms with Gasteiger partial charge in [0.15, 0.2) is 17.2 Å². The molecule has 0 radical (unpaired) electrons. The van der Waals surface area contributed by atoms with Gasteiger partial charge in [-0.1, -0.05) is 37.3 Å². The van der Waals surface area contributed by atoms with Gasteiger partial charge in [-0.15, -0.1) is 0 Å². The van der Waals surface area contributed by atoms with E-state index in [1.807, 2.05) is 6.92 Å². The molecule has 4 amide bonds. The van der Waals surface area contributed by atoms with Crippen LogP contribution in [0.4, 0.5) is 4.79 Å². The Balaban J connectivity index is 1.55. The van der Waals surface area contributed by atoms with E-state index in [0.29, 0.717) is 29.2 Å². The highest BCUT2D eigenvalue weighted by molar-refractivity contribution is 9.10. The van der Waals surface area contributed by atoms with Crippen LogP contribution in [0.3, 0.4) is 0 Å². The number of rotatable bonds is 10. The number of urea groups is 1. The smallest absolute Gasteiger partial charge is 0.339 e. The van der Waals surface area contributed by atoms with E-state index in [4.69, 9.17) is 13.7 Å². The van der Waals surface area contributed by atoms with Crippen molar-refractivity contribution in [3.05, 3.63) is 87.9 Å². The average molecular weight is 629 g/mol. The summed E-state index contributed by atoms with van der Waals surface area (Å²) in [4.78, 5) is 39.2. The number of hydrogen-bond donors (Lipinski definition) is 1. The number of ether oxygens (including phenoxy) is 2. The van der Waals surface area contributed by atoms with Gasteiger partial charge in [-0.3, -0.25) is 19.8 Å². The Morgan fingerprint density at radius 1 is 0.950 bits per heavy atom. The van der Waals surface area contributed by atoms with E-state index in [2.05, 4.69) is 21.2 Å². The molecule has 12 heteroatoms. The zero-order chi connectivity index (χ0) is 28.9. The summed E-state index contributed by atoms with van der Waals surface area (Å²) < 4.78 is 41.6. The minimum absolute atomic E-state index is 0.0110. The largest absolute Gasteiger partial charge is 0.493 e. The highest BCUT2D eigenvalue weighted by Gasteiger charge is 2.36. The number of carbonyl (C=O) groups excluding carboxylic acids is 3. The second kappa shape index (κ2) is 12.3. The Bertz CT molecular complexity index is 1590. The quantitative estimate of drug-likeness (QED) is 0.195. The summed E-state index contributed by atoms with van der Waals surface area (Å²) in [6.45, 7) is 2.36. The van der Waals surface area contributed by atoms with Crippen LogP contribution in [-0.2, 0) is 26.3 Å². The first kappa shape index (κ1) is 28.8. The molecular formula is C28H25BrN2O8S. The van der Waals surface area contributed by atoms with Crippen LogP contribution in [-0.4, -0.2) is 44.9 Å². The molecule has 0 aromatic heterocycles. The first-order valence-electron chi connectivity index (χ1n) is 12.1. The highest BCUT2D eigenvalue weighted by atomic mass is 79.9. The molecule has 0 spiro atoms. The lowest BCUT2D eigenvalue weighted by molar-refractivity contribution is -0.130. The van der Waals surface area contributed by atoms with Gasteiger partial charge < -0.3 is 13.7 Å². The van der Waals surface area contributed by atoms with Gasteiger partial charge in [0, 0.05) is 0 Å². The van der Waals surface area contributed by atoms with Gasteiger partial charge in [0.05, 0.1) is 24.7 Å². The molecule has 3 aromatic rings. The Hall–Kier alpha value is -4.16. The molecule has 0 saturated carbocycles. The van der Waals surface area contributed by atoms with E-state index in [9.17, 15) is 22.8 Å². The summed E-state index contributed by atoms with van der Waals surface area (Å²) in [5, 5.41) is 2.18. The number of nitrogens with one attached hydrogen (secondary N) is 1. The van der Waals surface area contributed by atoms with Crippen LogP contribution in [0.25, 0.3) is 6.08 Å². The number of amides is 4. The Morgan fingerprint density at radius 2 is 1.68 bits per heavy atom. The van der Waals surface area contributed by atoms with Crippen molar-refractivity contribution in [2.24, 2.45) is 0 Å². The van der Waals surface area contributed by atoms with Crippen molar-refractivity contribution in [1.29, 1.82) is 0 Å². The lowest BCUT2D eigenvalue weighted by atomic mass is 10.1. The normalized spacial score (nSPS) is 14.7. The lowest BCUT2D eigenvalue weighted by Crippen LogP contribution is -2.53. The van der Waals surface area contributed by atoms with Gasteiger partial charge in [0.2, 0.25) is 0 Å². The maximum atomic E-state index is 13.2. The van der Waals surface area contributed by atoms with E-state index in [0.717, 1.165) is 11.3 Å². The van der Waals surface area contributed by atoms with Crippen LogP contribution >= 0.6 is 15.9 Å². The Kier molecular flexibility index (Phi) is 8.90. The van der Waals surface area contributed by atoms with Crippen LogP contribution < -0.4 is 19.0 Å². The summed E-state index contributed by atoms with van der Waals surface area (Å²) in [5.41, 5.74) is 0.705. The molecule has 4 rings (SSSR count). The van der Waals surface area contributed by atoms with Crippen molar-refractivity contribution in [2.45, 2.75) is 24.8 Å². The first-order valence-corrected chi connectivity index (χ1v) is 14.3. The van der Waals surface area contributed by atoms with Gasteiger partial charge in [0.1, 0.15) is 10.5 Å². The van der Waals surface area contributed by atoms with E-state index < -0.39 is 28.0 Å². The van der Waals surface area contributed by atoms with Crippen molar-refractivity contribution in [2.75, 3.05) is 13.7 Å². The second-order valence-electron chi connectivity index (χ2n) is 8.58. The monoisotopic (exact) mass is 628 g/mol. The third-order valence-corrected chi connectivity index (χ3v) is 7.58. The summed E-state index contributed by atoms with van der Waals surface area (Å²) in [6.07, 6.45) is 2.12. The molecule has 208 valence electrons. The molecule has 0 atom stereocenters. The minimum atomic E-state index is -4.07. The van der Waals surface area contributed by atoms with Crippen LogP contribution in [0, 0.1) is 0 Å². The zero-order valence-corrected chi connectivity index (χ0v) is 24.0. The summed E-state index contributed by atoms with van der Waals surface area (Å²) in [6, 6.07) is 16.2. The molecule has 1 aliphatic heterocycles. The number of nitrogens with zero attached hydrogens (tertiary/aromatic N) is 1. The third-order valence-electron chi connectivity index (χ3n) is 5.71. The van der Waals surface area contributed by atoms with Crippen molar-refractivity contribution in [1.82, 2.24) is 10.2 Å². The minimum Gasteiger partial charge on any atom is -0.493 e. The number of barbiturate groups is 1. The summed E-state index contributed by atoms with van der Waals surface area (Å²) >= 11 is 3.28. The molecule has 1 fully saturated rings. The van der Waals surface area contributed by atoms with Crippen LogP contribution in [0.15, 0.2) is 81.7 Å². The number of benzene rings is 3. The molecular weight excluding hydrogens is 604 g/mol. The molecule has 40 heavy (non-hydrogen) atoms. The number of methoxy groups -OCH3 is 1. The molecule has 0 unspecified atom stereocenters. The lowest BCUT2D eigenvalue weighted by Gasteiger charge is -2.26. The fourth-order valence-corrected chi connectivity index (χ4v) is 5.31. The third kappa shape index (κ3) is 6.52. The predicted molar refractivity (Wildman–Crippen MR) is 149 cm³/mol. The van der Waals surface area contributed by atoms with Gasteiger partial charge >= 0.3 is 16.1 Å². The van der Waals surface area contributed by atoms with Crippen LogP contribution in [0.2, 0.25) is 0 Å². The van der Waals surface area contributed by atoms with Crippen LogP contribution in [0.1, 0.15) is 24.5 Å². The van der Waals surface area contributed by atoms with E-state index >= 15 is 0 Å². The molecule has 0 aliphatic carbocycles. The van der Waals surface area contributed by atoms with Gasteiger partial charge in [-0.05, 0) is 76.0 Å². The fourth-order valence-electron chi connectivity index (χ4n) is 3.76. The summed E-state index contributed by atoms with van der Waals surface area (Å²) in [5.74, 6) is -0.642. The highest BCUT2D eigenvalue weighted by Crippen LogP contribution is 2.31. The van der Waals surface area contributed by atoms with E-state index in [-0.39, 0.29) is 27.2 Å². The molecule has 0 bridgehead atoms. The maximum absolute atomic E-state index is 13.2. The molecule has 10 nitrogen and oxygen atoms in total. The predicted octanol–water partition coefficient (Wildman–Crippen LogP) is 4.68. The molecule has 1 N–H and O–H groups in total. The molecule has 3 aromatic carbocycles. The first-order chi connectivity index (χ1) is 19.1. The SMILES string of the molecule is CCCOc1ccc(CN2C(=O)NC(=O)/C(=C\c3ccc(OS(=O)(=O)c4ccccc4)c(Br)c3)C2=O)cc1OC. The number of halogens is 1. The van der Waals surface area contributed by atoms with Crippen molar-refractivity contribution >= 4 is 50.0 Å². The van der Waals surface area contributed by atoms with E-state index in [1.165, 1.54) is 43.5 Å². The van der Waals surface area contributed by atoms with E-state index in [1.54, 1.807) is 36.4 Å². The van der Waals surface area contributed by atoms with Crippen molar-refractivity contribution < 1.29 is 36.5 Å². The molecule has 1 saturated heterocycles. The topological polar surface area (TPSA) is 128 Å². The zero-order valence-electron chi connectivity index (χ0n) is 21.5. The fraction of sp³-hybridized carbons (Fsp3) is 0.179.